The van der Waals surface area contributed by atoms with E-state index in [2.05, 4.69) is 103 Å². The van der Waals surface area contributed by atoms with E-state index in [1.807, 2.05) is 0 Å². The molecule has 0 amide bonds. The van der Waals surface area contributed by atoms with Gasteiger partial charge >= 0.3 is 0 Å². The highest BCUT2D eigenvalue weighted by Crippen LogP contribution is 2.37. The molecule has 32 heavy (non-hydrogen) atoms. The summed E-state index contributed by atoms with van der Waals surface area (Å²) in [7, 11) is 2.12. The summed E-state index contributed by atoms with van der Waals surface area (Å²) in [5.74, 6) is 2.90. The number of fused-ring (bicyclic) bond motifs is 1. The summed E-state index contributed by atoms with van der Waals surface area (Å²) in [6, 6.07) is 13.0. The monoisotopic (exact) mass is 425 g/mol. The van der Waals surface area contributed by atoms with E-state index in [9.17, 15) is 0 Å². The molecular weight excluding hydrogens is 392 g/mol. The van der Waals surface area contributed by atoms with E-state index in [-0.39, 0.29) is 11.8 Å². The Morgan fingerprint density at radius 3 is 2.06 bits per heavy atom. The Morgan fingerprint density at radius 2 is 1.44 bits per heavy atom. The molecule has 0 saturated carbocycles. The maximum atomic E-state index is 5.00. The SMILES string of the molecule is Cc1cc(C)c(C)c(-c2c(-c3nc(C(C)C)nc(C(C)C)n3)c3ccccc3c[n+]2C)c1. The van der Waals surface area contributed by atoms with Crippen molar-refractivity contribution in [2.45, 2.75) is 60.3 Å². The smallest absolute Gasteiger partial charge is 0.217 e. The van der Waals surface area contributed by atoms with Crippen molar-refractivity contribution >= 4 is 10.8 Å². The molecule has 0 bridgehead atoms. The lowest BCUT2D eigenvalue weighted by Crippen LogP contribution is -2.32. The largest absolute Gasteiger partial charge is 0.224 e. The van der Waals surface area contributed by atoms with Gasteiger partial charge in [-0.15, -0.1) is 0 Å². The van der Waals surface area contributed by atoms with Crippen molar-refractivity contribution in [3.63, 3.8) is 0 Å². The lowest BCUT2D eigenvalue weighted by Gasteiger charge is -2.16. The van der Waals surface area contributed by atoms with Gasteiger partial charge in [-0.05, 0) is 44.0 Å². The van der Waals surface area contributed by atoms with Crippen molar-refractivity contribution < 1.29 is 4.57 Å². The molecule has 0 saturated heterocycles. The highest BCUT2D eigenvalue weighted by molar-refractivity contribution is 5.99. The highest BCUT2D eigenvalue weighted by Gasteiger charge is 2.27. The molecule has 0 radical (unpaired) electrons. The lowest BCUT2D eigenvalue weighted by molar-refractivity contribution is -0.658. The van der Waals surface area contributed by atoms with E-state index in [4.69, 9.17) is 15.0 Å². The normalized spacial score (nSPS) is 11.7. The zero-order valence-corrected chi connectivity index (χ0v) is 20.5. The molecule has 0 aliphatic rings. The maximum Gasteiger partial charge on any atom is 0.224 e. The molecule has 4 heteroatoms. The Kier molecular flexibility index (Phi) is 5.81. The van der Waals surface area contributed by atoms with Gasteiger partial charge in [0.2, 0.25) is 5.69 Å². The molecule has 4 nitrogen and oxygen atoms in total. The standard InChI is InChI=1S/C28H33N4/c1-16(2)26-29-27(17(3)4)31-28(30-26)24-22-12-10-9-11-21(22)15-32(8)25(24)23-14-18(5)13-19(6)20(23)7/h9-17H,1-8H3/q+1. The maximum absolute atomic E-state index is 5.00. The molecule has 4 aromatic rings. The van der Waals surface area contributed by atoms with Crippen LogP contribution in [0, 0.1) is 20.8 Å². The van der Waals surface area contributed by atoms with Gasteiger partial charge in [0.05, 0.1) is 11.1 Å². The second-order valence-corrected chi connectivity index (χ2v) is 9.49. The van der Waals surface area contributed by atoms with Crippen molar-refractivity contribution in [1.82, 2.24) is 15.0 Å². The summed E-state index contributed by atoms with van der Waals surface area (Å²) in [5, 5.41) is 2.34. The van der Waals surface area contributed by atoms with E-state index in [0.29, 0.717) is 0 Å². The summed E-state index contributed by atoms with van der Waals surface area (Å²) < 4.78 is 2.23. The topological polar surface area (TPSA) is 42.6 Å². The molecule has 164 valence electrons. The van der Waals surface area contributed by atoms with Gasteiger partial charge < -0.3 is 0 Å². The van der Waals surface area contributed by atoms with Crippen LogP contribution in [0.3, 0.4) is 0 Å². The summed E-state index contributed by atoms with van der Waals surface area (Å²) in [6.45, 7) is 15.1. The molecule has 0 spiro atoms. The highest BCUT2D eigenvalue weighted by atomic mass is 15.0. The molecule has 0 unspecified atom stereocenters. The Morgan fingerprint density at radius 1 is 0.812 bits per heavy atom. The quantitative estimate of drug-likeness (QED) is 0.358. The Balaban J connectivity index is 2.18. The average molecular weight is 426 g/mol. The Labute approximate surface area is 191 Å². The third-order valence-corrected chi connectivity index (χ3v) is 6.15. The molecule has 0 N–H and O–H groups in total. The Bertz CT molecular complexity index is 1290. The van der Waals surface area contributed by atoms with E-state index < -0.39 is 0 Å². The molecule has 2 heterocycles. The zero-order valence-electron chi connectivity index (χ0n) is 20.5. The first kappa shape index (κ1) is 22.1. The van der Waals surface area contributed by atoms with E-state index in [0.717, 1.165) is 34.1 Å². The third-order valence-electron chi connectivity index (χ3n) is 6.15. The zero-order chi connectivity index (χ0) is 23.2. The van der Waals surface area contributed by atoms with Crippen molar-refractivity contribution in [1.29, 1.82) is 0 Å². The van der Waals surface area contributed by atoms with Crippen molar-refractivity contribution in [3.8, 4) is 22.6 Å². The third kappa shape index (κ3) is 3.90. The average Bonchev–Trinajstić information content (AvgIpc) is 2.75. The van der Waals surface area contributed by atoms with Crippen LogP contribution in [0.2, 0.25) is 0 Å². The van der Waals surface area contributed by atoms with Gasteiger partial charge in [0.25, 0.3) is 0 Å². The molecule has 0 aliphatic carbocycles. The van der Waals surface area contributed by atoms with E-state index in [1.54, 1.807) is 0 Å². The van der Waals surface area contributed by atoms with Crippen LogP contribution in [0.5, 0.6) is 0 Å². The molecular formula is C28H33N4+. The van der Waals surface area contributed by atoms with Crippen molar-refractivity contribution in [2.75, 3.05) is 0 Å². The van der Waals surface area contributed by atoms with Crippen LogP contribution >= 0.6 is 0 Å². The summed E-state index contributed by atoms with van der Waals surface area (Å²) in [5.41, 5.74) is 7.27. The fourth-order valence-electron chi connectivity index (χ4n) is 4.29. The molecule has 0 atom stereocenters. The van der Waals surface area contributed by atoms with Crippen LogP contribution in [0.25, 0.3) is 33.4 Å². The van der Waals surface area contributed by atoms with Crippen molar-refractivity contribution in [3.05, 3.63) is 70.9 Å². The fraction of sp³-hybridized carbons (Fsp3) is 0.357. The minimum Gasteiger partial charge on any atom is -0.217 e. The molecule has 0 aliphatic heterocycles. The van der Waals surface area contributed by atoms with E-state index >= 15 is 0 Å². The number of aromatic nitrogens is 4. The van der Waals surface area contributed by atoms with Gasteiger partial charge in [-0.25, -0.2) is 15.0 Å². The number of hydrogen-bond acceptors (Lipinski definition) is 3. The Hall–Kier alpha value is -3.14. The number of rotatable bonds is 4. The number of aryl methyl sites for hydroxylation is 3. The van der Waals surface area contributed by atoms with Crippen LogP contribution in [-0.2, 0) is 7.05 Å². The number of pyridine rings is 1. The second kappa shape index (κ2) is 8.42. The van der Waals surface area contributed by atoms with Gasteiger partial charge in [0.1, 0.15) is 18.7 Å². The number of benzene rings is 2. The number of hydrogen-bond donors (Lipinski definition) is 0. The van der Waals surface area contributed by atoms with Crippen LogP contribution in [0.1, 0.15) is 67.9 Å². The second-order valence-electron chi connectivity index (χ2n) is 9.49. The minimum absolute atomic E-state index is 0.226. The van der Waals surface area contributed by atoms with Crippen molar-refractivity contribution in [2.24, 2.45) is 7.05 Å². The molecule has 0 fully saturated rings. The predicted molar refractivity (Wildman–Crippen MR) is 132 cm³/mol. The first-order valence-electron chi connectivity index (χ1n) is 11.4. The first-order chi connectivity index (χ1) is 15.2. The van der Waals surface area contributed by atoms with Gasteiger partial charge in [-0.2, -0.15) is 4.57 Å². The lowest BCUT2D eigenvalue weighted by atomic mass is 9.92. The first-order valence-corrected chi connectivity index (χ1v) is 11.4. The van der Waals surface area contributed by atoms with Gasteiger partial charge in [0.15, 0.2) is 12.0 Å². The molecule has 4 rings (SSSR count). The predicted octanol–water partition coefficient (Wildman–Crippen LogP) is 6.36. The molecule has 2 aromatic carbocycles. The van der Waals surface area contributed by atoms with E-state index in [1.165, 1.54) is 27.6 Å². The summed E-state index contributed by atoms with van der Waals surface area (Å²) in [4.78, 5) is 14.8. The van der Waals surface area contributed by atoms with Crippen LogP contribution in [0.15, 0.2) is 42.6 Å². The van der Waals surface area contributed by atoms with Crippen LogP contribution in [-0.4, -0.2) is 15.0 Å². The van der Waals surface area contributed by atoms with Gasteiger partial charge in [-0.1, -0.05) is 57.5 Å². The van der Waals surface area contributed by atoms with Crippen LogP contribution < -0.4 is 4.57 Å². The molecule has 2 aromatic heterocycles. The summed E-state index contributed by atoms with van der Waals surface area (Å²) >= 11 is 0. The number of nitrogens with zero attached hydrogens (tertiary/aromatic N) is 4. The summed E-state index contributed by atoms with van der Waals surface area (Å²) in [6.07, 6.45) is 2.21. The van der Waals surface area contributed by atoms with Crippen LogP contribution in [0.4, 0.5) is 0 Å². The van der Waals surface area contributed by atoms with Gasteiger partial charge in [0, 0.05) is 22.6 Å². The van der Waals surface area contributed by atoms with Gasteiger partial charge in [-0.3, -0.25) is 0 Å². The minimum atomic E-state index is 0.226. The fourth-order valence-corrected chi connectivity index (χ4v) is 4.29.